The van der Waals surface area contributed by atoms with E-state index in [0.29, 0.717) is 20.9 Å². The quantitative estimate of drug-likeness (QED) is 0.821. The average molecular weight is 379 g/mol. The van der Waals surface area contributed by atoms with Crippen LogP contribution in [0.4, 0.5) is 5.69 Å². The molecule has 17 heavy (non-hydrogen) atoms. The molecule has 0 unspecified atom stereocenters. The van der Waals surface area contributed by atoms with Crippen molar-refractivity contribution in [1.29, 1.82) is 0 Å². The summed E-state index contributed by atoms with van der Waals surface area (Å²) in [5, 5.41) is 3.33. The number of hydrogen-bond donors (Lipinski definition) is 1. The third-order valence-corrected chi connectivity index (χ3v) is 3.87. The van der Waals surface area contributed by atoms with Gasteiger partial charge in [0, 0.05) is 10.2 Å². The minimum Gasteiger partial charge on any atom is -0.457 e. The number of nitrogens with one attached hydrogen (secondary N) is 1. The van der Waals surface area contributed by atoms with E-state index in [9.17, 15) is 4.79 Å². The maximum atomic E-state index is 11.8. The molecule has 0 saturated carbocycles. The predicted molar refractivity (Wildman–Crippen MR) is 73.5 cm³/mol. The molecular weight excluding hydrogens is 373 g/mol. The molecule has 88 valence electrons. The van der Waals surface area contributed by atoms with Gasteiger partial charge in [0.15, 0.2) is 4.67 Å². The summed E-state index contributed by atoms with van der Waals surface area (Å²) in [7, 11) is 0. The molecule has 0 bridgehead atoms. The van der Waals surface area contributed by atoms with E-state index >= 15 is 0 Å². The summed E-state index contributed by atoms with van der Waals surface area (Å²) in [6.45, 7) is 0. The van der Waals surface area contributed by atoms with Crippen molar-refractivity contribution in [1.82, 2.24) is 0 Å². The van der Waals surface area contributed by atoms with Gasteiger partial charge >= 0.3 is 0 Å². The number of carbonyl (C=O) groups excluding carboxylic acids is 1. The second-order valence-corrected chi connectivity index (χ2v) is 5.17. The molecule has 1 heterocycles. The van der Waals surface area contributed by atoms with Crippen molar-refractivity contribution in [2.24, 2.45) is 0 Å². The fourth-order valence-corrected chi connectivity index (χ4v) is 2.14. The number of anilines is 1. The Bertz CT molecular complexity index is 568. The van der Waals surface area contributed by atoms with Gasteiger partial charge in [-0.3, -0.25) is 4.79 Å². The van der Waals surface area contributed by atoms with Crippen LogP contribution in [0.5, 0.6) is 0 Å². The van der Waals surface area contributed by atoms with Gasteiger partial charge in [-0.25, -0.2) is 0 Å². The van der Waals surface area contributed by atoms with Gasteiger partial charge in [0.05, 0.1) is 16.8 Å². The molecule has 1 aromatic heterocycles. The molecule has 0 saturated heterocycles. The Hall–Kier alpha value is -0.780. The summed E-state index contributed by atoms with van der Waals surface area (Å²) in [6, 6.07) is 6.74. The maximum Gasteiger partial charge on any atom is 0.260 e. The van der Waals surface area contributed by atoms with E-state index in [2.05, 4.69) is 37.2 Å². The number of carbonyl (C=O) groups is 1. The Balaban J connectivity index is 2.19. The molecular formula is C11H6Br2ClNO2. The number of benzene rings is 1. The van der Waals surface area contributed by atoms with Crippen LogP contribution in [0.2, 0.25) is 5.02 Å². The van der Waals surface area contributed by atoms with E-state index < -0.39 is 0 Å². The first kappa shape index (κ1) is 12.7. The zero-order valence-corrected chi connectivity index (χ0v) is 12.3. The van der Waals surface area contributed by atoms with Crippen molar-refractivity contribution in [3.63, 3.8) is 0 Å². The monoisotopic (exact) mass is 377 g/mol. The van der Waals surface area contributed by atoms with E-state index in [1.165, 1.54) is 6.26 Å². The lowest BCUT2D eigenvalue weighted by Crippen LogP contribution is -2.11. The first-order chi connectivity index (χ1) is 8.08. The highest BCUT2D eigenvalue weighted by molar-refractivity contribution is 9.10. The van der Waals surface area contributed by atoms with Crippen LogP contribution in [0.15, 0.2) is 44.1 Å². The topological polar surface area (TPSA) is 42.2 Å². The van der Waals surface area contributed by atoms with Crippen LogP contribution < -0.4 is 5.32 Å². The lowest BCUT2D eigenvalue weighted by molar-refractivity contribution is 0.102. The van der Waals surface area contributed by atoms with Gasteiger partial charge < -0.3 is 9.73 Å². The molecule has 1 aromatic carbocycles. The fourth-order valence-electron chi connectivity index (χ4n) is 1.23. The number of rotatable bonds is 2. The van der Waals surface area contributed by atoms with E-state index in [1.54, 1.807) is 24.3 Å². The predicted octanol–water partition coefficient (Wildman–Crippen LogP) is 4.71. The van der Waals surface area contributed by atoms with Crippen molar-refractivity contribution in [3.8, 4) is 0 Å². The first-order valence-corrected chi connectivity index (χ1v) is 6.53. The van der Waals surface area contributed by atoms with Crippen molar-refractivity contribution in [2.45, 2.75) is 0 Å². The third-order valence-electron chi connectivity index (χ3n) is 2.04. The molecule has 0 atom stereocenters. The van der Waals surface area contributed by atoms with Crippen LogP contribution >= 0.6 is 43.5 Å². The summed E-state index contributed by atoms with van der Waals surface area (Å²) in [5.41, 5.74) is 1.09. The van der Waals surface area contributed by atoms with Gasteiger partial charge in [-0.15, -0.1) is 0 Å². The first-order valence-electron chi connectivity index (χ1n) is 4.57. The fraction of sp³-hybridized carbons (Fsp3) is 0. The van der Waals surface area contributed by atoms with Crippen molar-refractivity contribution < 1.29 is 9.21 Å². The smallest absolute Gasteiger partial charge is 0.260 e. The molecule has 0 aliphatic rings. The summed E-state index contributed by atoms with van der Waals surface area (Å²) >= 11 is 12.3. The van der Waals surface area contributed by atoms with E-state index in [-0.39, 0.29) is 5.91 Å². The Labute approximate surface area is 119 Å². The third kappa shape index (κ3) is 2.91. The summed E-state index contributed by atoms with van der Waals surface area (Å²) in [4.78, 5) is 11.8. The van der Waals surface area contributed by atoms with Crippen LogP contribution in [0, 0.1) is 0 Å². The molecule has 2 rings (SSSR count). The minimum absolute atomic E-state index is 0.250. The van der Waals surface area contributed by atoms with Crippen LogP contribution in [0.1, 0.15) is 10.4 Å². The Kier molecular flexibility index (Phi) is 3.91. The van der Waals surface area contributed by atoms with Crippen LogP contribution in [-0.2, 0) is 0 Å². The summed E-state index contributed by atoms with van der Waals surface area (Å²) in [6.07, 6.45) is 1.44. The van der Waals surface area contributed by atoms with Crippen LogP contribution in [0.25, 0.3) is 0 Å². The number of hydrogen-bond acceptors (Lipinski definition) is 2. The lowest BCUT2D eigenvalue weighted by atomic mass is 10.3. The van der Waals surface area contributed by atoms with Gasteiger partial charge in [-0.2, -0.15) is 0 Å². The molecule has 0 fully saturated rings. The molecule has 1 N–H and O–H groups in total. The van der Waals surface area contributed by atoms with Crippen LogP contribution in [-0.4, -0.2) is 5.91 Å². The summed E-state index contributed by atoms with van der Waals surface area (Å²) < 4.78 is 6.12. The van der Waals surface area contributed by atoms with Gasteiger partial charge in [0.25, 0.3) is 5.91 Å². The Morgan fingerprint density at radius 3 is 2.65 bits per heavy atom. The van der Waals surface area contributed by atoms with Gasteiger partial charge in [-0.05, 0) is 56.1 Å². The van der Waals surface area contributed by atoms with E-state index in [1.807, 2.05) is 0 Å². The molecule has 1 amide bonds. The normalized spacial score (nSPS) is 10.3. The van der Waals surface area contributed by atoms with Crippen LogP contribution in [0.3, 0.4) is 0 Å². The minimum atomic E-state index is -0.250. The highest BCUT2D eigenvalue weighted by Crippen LogP contribution is 2.26. The number of amides is 1. The van der Waals surface area contributed by atoms with Gasteiger partial charge in [0.2, 0.25) is 0 Å². The van der Waals surface area contributed by atoms with Crippen molar-refractivity contribution >= 4 is 55.1 Å². The molecule has 0 aliphatic carbocycles. The largest absolute Gasteiger partial charge is 0.457 e. The Morgan fingerprint density at radius 1 is 1.29 bits per heavy atom. The lowest BCUT2D eigenvalue weighted by Gasteiger charge is -2.05. The molecule has 0 spiro atoms. The van der Waals surface area contributed by atoms with Crippen molar-refractivity contribution in [3.05, 3.63) is 50.3 Å². The summed E-state index contributed by atoms with van der Waals surface area (Å²) in [5.74, 6) is -0.250. The van der Waals surface area contributed by atoms with E-state index in [0.717, 1.165) is 4.47 Å². The molecule has 0 radical (unpaired) electrons. The highest BCUT2D eigenvalue weighted by Gasteiger charge is 2.12. The zero-order chi connectivity index (χ0) is 12.4. The highest BCUT2D eigenvalue weighted by atomic mass is 79.9. The van der Waals surface area contributed by atoms with Gasteiger partial charge in [0.1, 0.15) is 0 Å². The molecule has 2 aromatic rings. The second kappa shape index (κ2) is 5.25. The standard InChI is InChI=1S/C11H6Br2ClNO2/c12-8-5-6(1-2-9(8)14)15-11(16)7-3-4-17-10(7)13/h1-5H,(H,15,16). The number of halogens is 3. The van der Waals surface area contributed by atoms with Gasteiger partial charge in [-0.1, -0.05) is 11.6 Å². The SMILES string of the molecule is O=C(Nc1ccc(Cl)c(Br)c1)c1ccoc1Br. The zero-order valence-electron chi connectivity index (χ0n) is 8.34. The molecule has 3 nitrogen and oxygen atoms in total. The maximum absolute atomic E-state index is 11.8. The second-order valence-electron chi connectivity index (χ2n) is 3.19. The molecule has 6 heteroatoms. The number of furan rings is 1. The molecule has 0 aliphatic heterocycles. The van der Waals surface area contributed by atoms with Crippen molar-refractivity contribution in [2.75, 3.05) is 5.32 Å². The Morgan fingerprint density at radius 2 is 2.06 bits per heavy atom. The average Bonchev–Trinajstić information content (AvgIpc) is 2.70. The van der Waals surface area contributed by atoms with E-state index in [4.69, 9.17) is 16.0 Å².